The number of allylic oxidation sites excluding steroid dienone is 1. The molecular weight excluding hydrogens is 270 g/mol. The van der Waals surface area contributed by atoms with Gasteiger partial charge in [-0.25, -0.2) is 4.39 Å². The molecule has 1 aliphatic heterocycles. The van der Waals surface area contributed by atoms with E-state index < -0.39 is 26.4 Å². The van der Waals surface area contributed by atoms with Crippen LogP contribution < -0.4 is 0 Å². The molecule has 0 radical (unpaired) electrons. The van der Waals surface area contributed by atoms with Crippen molar-refractivity contribution in [3.05, 3.63) is 11.3 Å². The molecule has 0 aromatic carbocycles. The lowest BCUT2D eigenvalue weighted by molar-refractivity contribution is 0.00578. The van der Waals surface area contributed by atoms with Crippen molar-refractivity contribution in [2.24, 2.45) is 5.92 Å². The van der Waals surface area contributed by atoms with Crippen LogP contribution in [0.4, 0.5) is 4.39 Å². The van der Waals surface area contributed by atoms with Crippen LogP contribution in [-0.4, -0.2) is 26.4 Å². The molecule has 0 N–H and O–H groups in total. The Morgan fingerprint density at radius 2 is 1.60 bits per heavy atom. The molecule has 0 amide bonds. The molecule has 5 heteroatoms. The molecule has 0 aromatic rings. The first kappa shape index (κ1) is 16.2. The van der Waals surface area contributed by atoms with Gasteiger partial charge in [-0.3, -0.25) is 0 Å². The van der Waals surface area contributed by atoms with Gasteiger partial charge < -0.3 is 9.31 Å². The van der Waals surface area contributed by atoms with Crippen LogP contribution in [0.15, 0.2) is 11.3 Å². The maximum absolute atomic E-state index is 14.5. The third-order valence-corrected chi connectivity index (χ3v) is 6.57. The summed E-state index contributed by atoms with van der Waals surface area (Å²) in [7, 11) is -1.84. The largest absolute Gasteiger partial charge is 0.525 e. The van der Waals surface area contributed by atoms with Crippen molar-refractivity contribution >= 4 is 15.2 Å². The van der Waals surface area contributed by atoms with Gasteiger partial charge in [-0.1, -0.05) is 25.7 Å². The van der Waals surface area contributed by atoms with Gasteiger partial charge in [-0.15, -0.1) is 0 Å². The molecule has 0 atom stereocenters. The van der Waals surface area contributed by atoms with E-state index in [1.165, 1.54) is 6.04 Å². The van der Waals surface area contributed by atoms with Crippen molar-refractivity contribution < 1.29 is 13.7 Å². The van der Waals surface area contributed by atoms with Gasteiger partial charge in [-0.05, 0) is 52.0 Å². The molecule has 2 rings (SSSR count). The zero-order valence-corrected chi connectivity index (χ0v) is 15.0. The van der Waals surface area contributed by atoms with E-state index in [-0.39, 0.29) is 5.73 Å². The van der Waals surface area contributed by atoms with Gasteiger partial charge in [0.1, 0.15) is 5.73 Å². The van der Waals surface area contributed by atoms with Crippen LogP contribution in [0.3, 0.4) is 0 Å². The van der Waals surface area contributed by atoms with Crippen LogP contribution in [0.2, 0.25) is 25.7 Å². The van der Waals surface area contributed by atoms with Crippen molar-refractivity contribution in [1.29, 1.82) is 0 Å². The Morgan fingerprint density at radius 1 is 1.15 bits per heavy atom. The molecule has 1 heterocycles. The predicted octanol–water partition coefficient (Wildman–Crippen LogP) is 4.59. The maximum atomic E-state index is 14.5. The van der Waals surface area contributed by atoms with E-state index in [1.807, 2.05) is 27.7 Å². The molecule has 1 aliphatic carbocycles. The van der Waals surface area contributed by atoms with Gasteiger partial charge in [0.05, 0.1) is 11.2 Å². The minimum atomic E-state index is -1.04. The van der Waals surface area contributed by atoms with Gasteiger partial charge >= 0.3 is 7.12 Å². The summed E-state index contributed by atoms with van der Waals surface area (Å²) in [5.74, 6) is 0.671. The molecule has 0 aromatic heterocycles. The van der Waals surface area contributed by atoms with E-state index in [0.717, 1.165) is 18.4 Å². The van der Waals surface area contributed by atoms with Crippen LogP contribution in [0.5, 0.6) is 0 Å². The fourth-order valence-corrected chi connectivity index (χ4v) is 4.98. The zero-order valence-electron chi connectivity index (χ0n) is 14.0. The molecule has 2 nitrogen and oxygen atoms in total. The molecule has 0 bridgehead atoms. The smallest absolute Gasteiger partial charge is 0.398 e. The van der Waals surface area contributed by atoms with E-state index in [0.29, 0.717) is 5.92 Å². The summed E-state index contributed by atoms with van der Waals surface area (Å²) in [5, 5.41) is 0. The molecular formula is C15H28BFO2Si. The van der Waals surface area contributed by atoms with Crippen molar-refractivity contribution in [2.45, 2.75) is 77.4 Å². The van der Waals surface area contributed by atoms with Gasteiger partial charge in [0, 0.05) is 8.07 Å². The first-order valence-electron chi connectivity index (χ1n) is 7.64. The van der Waals surface area contributed by atoms with Crippen molar-refractivity contribution in [3.63, 3.8) is 0 Å². The molecule has 2 fully saturated rings. The topological polar surface area (TPSA) is 18.5 Å². The number of halogens is 1. The lowest BCUT2D eigenvalue weighted by Gasteiger charge is -2.34. The Morgan fingerprint density at radius 3 is 2.00 bits per heavy atom. The number of hydrogen-bond acceptors (Lipinski definition) is 2. The lowest BCUT2D eigenvalue weighted by Crippen LogP contribution is -2.41. The molecule has 20 heavy (non-hydrogen) atoms. The third-order valence-electron chi connectivity index (χ3n) is 4.77. The summed E-state index contributed by atoms with van der Waals surface area (Å²) in [4.78, 5) is 0. The van der Waals surface area contributed by atoms with Gasteiger partial charge in [0.2, 0.25) is 0 Å². The predicted molar refractivity (Wildman–Crippen MR) is 85.1 cm³/mol. The van der Waals surface area contributed by atoms with Crippen LogP contribution in [0.25, 0.3) is 0 Å². The van der Waals surface area contributed by atoms with Crippen molar-refractivity contribution in [1.82, 2.24) is 0 Å². The first-order valence-corrected chi connectivity index (χ1v) is 11.3. The van der Waals surface area contributed by atoms with Gasteiger partial charge in [0.25, 0.3) is 0 Å². The maximum Gasteiger partial charge on any atom is 0.525 e. The second-order valence-electron chi connectivity index (χ2n) is 8.58. The average Bonchev–Trinajstić information content (AvgIpc) is 2.39. The normalized spacial score (nSPS) is 28.5. The Labute approximate surface area is 124 Å². The molecule has 0 spiro atoms. The van der Waals surface area contributed by atoms with Crippen molar-refractivity contribution in [3.8, 4) is 0 Å². The summed E-state index contributed by atoms with van der Waals surface area (Å²) >= 11 is 0. The summed E-state index contributed by atoms with van der Waals surface area (Å²) in [6, 6.07) is 1.28. The molecule has 1 saturated heterocycles. The van der Waals surface area contributed by atoms with E-state index in [4.69, 9.17) is 9.31 Å². The van der Waals surface area contributed by atoms with E-state index in [1.54, 1.807) is 0 Å². The van der Waals surface area contributed by atoms with E-state index >= 15 is 0 Å². The lowest BCUT2D eigenvalue weighted by atomic mass is 9.73. The summed E-state index contributed by atoms with van der Waals surface area (Å²) in [6.07, 6.45) is 1.78. The monoisotopic (exact) mass is 298 g/mol. The first-order chi connectivity index (χ1) is 8.91. The van der Waals surface area contributed by atoms with E-state index in [2.05, 4.69) is 19.6 Å². The molecule has 0 unspecified atom stereocenters. The summed E-state index contributed by atoms with van der Waals surface area (Å²) in [5.41, 5.74) is -0.184. The zero-order chi connectivity index (χ0) is 15.3. The standard InChI is InChI=1S/C15H28BFO2Si/c1-14(2)15(3,4)19-16(18-14)13(17)12-8-11(9-12)10-20(5,6)7/h11H,8-10H2,1-7H3. The second kappa shape index (κ2) is 4.96. The Kier molecular flexibility index (Phi) is 4.03. The molecule has 2 aliphatic rings. The van der Waals surface area contributed by atoms with Crippen LogP contribution >= 0.6 is 0 Å². The summed E-state index contributed by atoms with van der Waals surface area (Å²) in [6.45, 7) is 15.0. The van der Waals surface area contributed by atoms with Crippen LogP contribution in [-0.2, 0) is 9.31 Å². The van der Waals surface area contributed by atoms with E-state index in [9.17, 15) is 4.39 Å². The average molecular weight is 298 g/mol. The Bertz CT molecular complexity index is 402. The quantitative estimate of drug-likeness (QED) is 0.709. The van der Waals surface area contributed by atoms with Crippen LogP contribution in [0.1, 0.15) is 40.5 Å². The number of hydrogen-bond donors (Lipinski definition) is 0. The summed E-state index contributed by atoms with van der Waals surface area (Å²) < 4.78 is 26.0. The number of rotatable bonds is 3. The highest BCUT2D eigenvalue weighted by atomic mass is 28.3. The fourth-order valence-electron chi connectivity index (χ4n) is 2.96. The molecule has 1 saturated carbocycles. The highest BCUT2D eigenvalue weighted by Gasteiger charge is 2.54. The Balaban J connectivity index is 1.98. The molecule has 114 valence electrons. The highest BCUT2D eigenvalue weighted by Crippen LogP contribution is 2.45. The fraction of sp³-hybridized carbons (Fsp3) is 0.867. The van der Waals surface area contributed by atoms with Gasteiger partial charge in [-0.2, -0.15) is 0 Å². The minimum absolute atomic E-state index is 0.171. The Hall–Kier alpha value is -0.128. The SMILES string of the molecule is CC1(C)OB(C(F)=C2CC(C[Si](C)(C)C)C2)OC1(C)C. The second-order valence-corrected chi connectivity index (χ2v) is 14.1. The van der Waals surface area contributed by atoms with Gasteiger partial charge in [0.15, 0.2) is 0 Å². The van der Waals surface area contributed by atoms with Crippen LogP contribution in [0, 0.1) is 5.92 Å². The minimum Gasteiger partial charge on any atom is -0.398 e. The van der Waals surface area contributed by atoms with Crippen molar-refractivity contribution in [2.75, 3.05) is 0 Å². The third kappa shape index (κ3) is 3.20. The highest BCUT2D eigenvalue weighted by molar-refractivity contribution is 6.76.